The first-order chi connectivity index (χ1) is 17.4. The maximum atomic E-state index is 13.4. The normalized spacial score (nSPS) is 20.1. The number of carbonyl (C=O) groups excluding carboxylic acids is 2. The number of ketones is 1. The number of anilines is 1. The third-order valence-electron chi connectivity index (χ3n) is 7.32. The maximum absolute atomic E-state index is 13.4. The Kier molecular flexibility index (Phi) is 8.34. The summed E-state index contributed by atoms with van der Waals surface area (Å²) < 4.78 is 5.79. The molecule has 36 heavy (non-hydrogen) atoms. The van der Waals surface area contributed by atoms with Crippen LogP contribution in [0.5, 0.6) is 5.75 Å². The van der Waals surface area contributed by atoms with Gasteiger partial charge in [-0.15, -0.1) is 0 Å². The van der Waals surface area contributed by atoms with Crippen molar-refractivity contribution in [3.05, 3.63) is 65.2 Å². The molecule has 1 heterocycles. The third-order valence-corrected chi connectivity index (χ3v) is 7.32. The largest absolute Gasteiger partial charge is 0.507 e. The second-order valence-corrected chi connectivity index (χ2v) is 10.1. The summed E-state index contributed by atoms with van der Waals surface area (Å²) in [4.78, 5) is 30.4. The van der Waals surface area contributed by atoms with Crippen LogP contribution < -0.4 is 9.64 Å². The second-order valence-electron chi connectivity index (χ2n) is 10.1. The Bertz CT molecular complexity index is 1080. The summed E-state index contributed by atoms with van der Waals surface area (Å²) in [6, 6.07) is 14.4. The van der Waals surface area contributed by atoms with Gasteiger partial charge in [0.05, 0.1) is 18.2 Å². The fraction of sp³-hybridized carbons (Fsp3) is 0.467. The molecule has 0 radical (unpaired) electrons. The average molecular weight is 491 g/mol. The molecule has 6 nitrogen and oxygen atoms in total. The maximum Gasteiger partial charge on any atom is 0.295 e. The zero-order chi connectivity index (χ0) is 25.7. The first kappa shape index (κ1) is 25.8. The molecule has 6 heteroatoms. The highest BCUT2D eigenvalue weighted by Crippen LogP contribution is 2.43. The van der Waals surface area contributed by atoms with Crippen LogP contribution in [0.1, 0.15) is 75.5 Å². The summed E-state index contributed by atoms with van der Waals surface area (Å²) in [6.45, 7) is 2.80. The predicted molar refractivity (Wildman–Crippen MR) is 143 cm³/mol. The van der Waals surface area contributed by atoms with Crippen LogP contribution in [0.2, 0.25) is 0 Å². The number of likely N-dealkylation sites (tertiary alicyclic amines) is 1. The lowest BCUT2D eigenvalue weighted by molar-refractivity contribution is -0.141. The van der Waals surface area contributed by atoms with Crippen molar-refractivity contribution in [3.8, 4) is 5.75 Å². The molecule has 1 aliphatic carbocycles. The van der Waals surface area contributed by atoms with Gasteiger partial charge >= 0.3 is 0 Å². The van der Waals surface area contributed by atoms with Crippen molar-refractivity contribution in [2.75, 3.05) is 25.6 Å². The van der Waals surface area contributed by atoms with Crippen LogP contribution >= 0.6 is 0 Å². The standard InChI is InChI=1S/C30H38N2O4/c1-4-5-9-20-36-25-18-14-22(15-19-25)28(33)26-27(21-12-16-23(17-13-21)31(2)3)32(30(35)29(26)34)24-10-7-6-8-11-24/h12-19,24,27,33H,4-11,20H2,1-3H3/b28-26-. The van der Waals surface area contributed by atoms with E-state index >= 15 is 0 Å². The van der Waals surface area contributed by atoms with Crippen molar-refractivity contribution in [3.63, 3.8) is 0 Å². The van der Waals surface area contributed by atoms with E-state index in [0.717, 1.165) is 68.4 Å². The lowest BCUT2D eigenvalue weighted by Gasteiger charge is -2.35. The molecular weight excluding hydrogens is 452 g/mol. The molecule has 1 N–H and O–H groups in total. The number of rotatable bonds is 9. The molecule has 0 spiro atoms. The lowest BCUT2D eigenvalue weighted by Crippen LogP contribution is -2.40. The molecule has 4 rings (SSSR count). The number of aliphatic hydroxyl groups is 1. The second kappa shape index (κ2) is 11.6. The first-order valence-corrected chi connectivity index (χ1v) is 13.2. The topological polar surface area (TPSA) is 70.1 Å². The van der Waals surface area contributed by atoms with Gasteiger partial charge in [-0.05, 0) is 61.2 Å². The molecule has 1 atom stereocenters. The quantitative estimate of drug-likeness (QED) is 0.200. The molecule has 2 fully saturated rings. The van der Waals surface area contributed by atoms with E-state index in [1.807, 2.05) is 43.3 Å². The van der Waals surface area contributed by atoms with Gasteiger partial charge in [0, 0.05) is 31.4 Å². The van der Waals surface area contributed by atoms with Crippen molar-refractivity contribution in [2.45, 2.75) is 70.4 Å². The van der Waals surface area contributed by atoms with Gasteiger partial charge in [-0.1, -0.05) is 51.2 Å². The van der Waals surface area contributed by atoms with Gasteiger partial charge < -0.3 is 19.6 Å². The Balaban J connectivity index is 1.70. The number of hydrogen-bond donors (Lipinski definition) is 1. The summed E-state index contributed by atoms with van der Waals surface area (Å²) in [7, 11) is 3.95. The van der Waals surface area contributed by atoms with Crippen molar-refractivity contribution in [1.82, 2.24) is 4.90 Å². The Morgan fingerprint density at radius 2 is 1.64 bits per heavy atom. The molecule has 0 bridgehead atoms. The van der Waals surface area contributed by atoms with Crippen molar-refractivity contribution in [1.29, 1.82) is 0 Å². The fourth-order valence-corrected chi connectivity index (χ4v) is 5.27. The Morgan fingerprint density at radius 1 is 0.972 bits per heavy atom. The van der Waals surface area contributed by atoms with E-state index in [1.165, 1.54) is 0 Å². The van der Waals surface area contributed by atoms with Crippen LogP contribution in [-0.2, 0) is 9.59 Å². The highest BCUT2D eigenvalue weighted by molar-refractivity contribution is 6.46. The van der Waals surface area contributed by atoms with Gasteiger partial charge in [0.2, 0.25) is 0 Å². The van der Waals surface area contributed by atoms with Crippen LogP contribution in [0, 0.1) is 0 Å². The van der Waals surface area contributed by atoms with Gasteiger partial charge in [-0.25, -0.2) is 0 Å². The average Bonchev–Trinajstić information content (AvgIpc) is 3.17. The summed E-state index contributed by atoms with van der Waals surface area (Å²) in [5, 5.41) is 11.4. The Labute approximate surface area is 214 Å². The number of hydrogen-bond acceptors (Lipinski definition) is 5. The van der Waals surface area contributed by atoms with Crippen LogP contribution in [0.25, 0.3) is 5.76 Å². The molecule has 1 unspecified atom stereocenters. The van der Waals surface area contributed by atoms with Gasteiger partial charge in [0.15, 0.2) is 0 Å². The summed E-state index contributed by atoms with van der Waals surface area (Å²) in [5.41, 5.74) is 2.54. The van der Waals surface area contributed by atoms with Gasteiger partial charge in [-0.3, -0.25) is 9.59 Å². The smallest absolute Gasteiger partial charge is 0.295 e. The Hall–Kier alpha value is -3.28. The van der Waals surface area contributed by atoms with Crippen LogP contribution in [0.3, 0.4) is 0 Å². The molecule has 2 aromatic carbocycles. The highest BCUT2D eigenvalue weighted by atomic mass is 16.5. The van der Waals surface area contributed by atoms with E-state index in [-0.39, 0.29) is 17.4 Å². The lowest BCUT2D eigenvalue weighted by atomic mass is 9.91. The summed E-state index contributed by atoms with van der Waals surface area (Å²) in [5.74, 6) is -0.535. The number of Topliss-reactive ketones (excluding diaryl/α,β-unsaturated/α-hetero) is 1. The number of ether oxygens (including phenoxy) is 1. The van der Waals surface area contributed by atoms with E-state index in [0.29, 0.717) is 12.2 Å². The molecular formula is C30H38N2O4. The predicted octanol–water partition coefficient (Wildman–Crippen LogP) is 6.08. The number of unbranched alkanes of at least 4 members (excludes halogenated alkanes) is 2. The first-order valence-electron chi connectivity index (χ1n) is 13.2. The molecule has 0 aromatic heterocycles. The third kappa shape index (κ3) is 5.43. The van der Waals surface area contributed by atoms with Crippen LogP contribution in [0.4, 0.5) is 5.69 Å². The zero-order valence-corrected chi connectivity index (χ0v) is 21.7. The molecule has 2 aliphatic rings. The highest BCUT2D eigenvalue weighted by Gasteiger charge is 2.48. The van der Waals surface area contributed by atoms with Crippen LogP contribution in [-0.4, -0.2) is 48.4 Å². The molecule has 1 amide bonds. The minimum atomic E-state index is -0.611. The zero-order valence-electron chi connectivity index (χ0n) is 21.7. The fourth-order valence-electron chi connectivity index (χ4n) is 5.27. The van der Waals surface area contributed by atoms with E-state index in [2.05, 4.69) is 6.92 Å². The number of carbonyl (C=O) groups is 2. The minimum Gasteiger partial charge on any atom is -0.507 e. The van der Waals surface area contributed by atoms with E-state index < -0.39 is 17.7 Å². The van der Waals surface area contributed by atoms with Crippen LogP contribution in [0.15, 0.2) is 54.1 Å². The molecule has 2 aromatic rings. The van der Waals surface area contributed by atoms with Crippen molar-refractivity contribution in [2.24, 2.45) is 0 Å². The Morgan fingerprint density at radius 3 is 2.25 bits per heavy atom. The van der Waals surface area contributed by atoms with E-state index in [4.69, 9.17) is 4.74 Å². The van der Waals surface area contributed by atoms with Gasteiger partial charge in [0.1, 0.15) is 11.5 Å². The monoisotopic (exact) mass is 490 g/mol. The van der Waals surface area contributed by atoms with Gasteiger partial charge in [0.25, 0.3) is 11.7 Å². The van der Waals surface area contributed by atoms with Gasteiger partial charge in [-0.2, -0.15) is 0 Å². The molecule has 1 saturated heterocycles. The molecule has 192 valence electrons. The number of benzene rings is 2. The van der Waals surface area contributed by atoms with Crippen molar-refractivity contribution >= 4 is 23.1 Å². The molecule has 1 saturated carbocycles. The van der Waals surface area contributed by atoms with Crippen molar-refractivity contribution < 1.29 is 19.4 Å². The summed E-state index contributed by atoms with van der Waals surface area (Å²) >= 11 is 0. The van der Waals surface area contributed by atoms with E-state index in [1.54, 1.807) is 29.2 Å². The van der Waals surface area contributed by atoms with E-state index in [9.17, 15) is 14.7 Å². The minimum absolute atomic E-state index is 0.00192. The SMILES string of the molecule is CCCCCOc1ccc(/C(O)=C2/C(=O)C(=O)N(C3CCCCC3)C2c2ccc(N(C)C)cc2)cc1. The number of nitrogens with zero attached hydrogens (tertiary/aromatic N) is 2. The number of aliphatic hydroxyl groups excluding tert-OH is 1. The number of amides is 1. The molecule has 1 aliphatic heterocycles. The summed E-state index contributed by atoms with van der Waals surface area (Å²) in [6.07, 6.45) is 8.24.